The molecule has 0 bridgehead atoms. The minimum absolute atomic E-state index is 0.000265. The van der Waals surface area contributed by atoms with Gasteiger partial charge in [-0.1, -0.05) is 29.3 Å². The Morgan fingerprint density at radius 3 is 2.46 bits per heavy atom. The van der Waals surface area contributed by atoms with E-state index in [0.717, 1.165) is 31.7 Å². The fourth-order valence-corrected chi connectivity index (χ4v) is 3.20. The maximum absolute atomic E-state index is 12.7. The minimum atomic E-state index is -3.64. The molecular weight excluding hydrogens is 401 g/mol. The average Bonchev–Trinajstić information content (AvgIpc) is 2.53. The van der Waals surface area contributed by atoms with Crippen LogP contribution in [0.3, 0.4) is 0 Å². The van der Waals surface area contributed by atoms with E-state index in [9.17, 15) is 13.2 Å². The lowest BCUT2D eigenvalue weighted by Gasteiger charge is -2.26. The van der Waals surface area contributed by atoms with Crippen LogP contribution in [0.25, 0.3) is 0 Å². The van der Waals surface area contributed by atoms with Crippen molar-refractivity contribution in [1.82, 2.24) is 9.97 Å². The summed E-state index contributed by atoms with van der Waals surface area (Å²) in [5.41, 5.74) is 0.239. The van der Waals surface area contributed by atoms with Crippen molar-refractivity contribution in [1.29, 1.82) is 0 Å². The van der Waals surface area contributed by atoms with Gasteiger partial charge in [0.05, 0.1) is 15.7 Å². The van der Waals surface area contributed by atoms with Crippen molar-refractivity contribution >= 4 is 44.6 Å². The van der Waals surface area contributed by atoms with Crippen LogP contribution in [0.15, 0.2) is 29.6 Å². The van der Waals surface area contributed by atoms with Crippen molar-refractivity contribution in [3.8, 4) is 5.88 Å². The zero-order chi connectivity index (χ0) is 18.9. The van der Waals surface area contributed by atoms with Gasteiger partial charge in [-0.05, 0) is 31.4 Å². The second-order valence-electron chi connectivity index (χ2n) is 5.87. The van der Waals surface area contributed by atoms with E-state index < -0.39 is 20.9 Å². The number of carbonyl (C=O) groups excluding carboxylic acids is 1. The number of benzene rings is 1. The third-order valence-corrected chi connectivity index (χ3v) is 5.33. The number of aromatic nitrogens is 2. The standard InChI is InChI=1S/C16H15Cl2N3O4S/c1-26(23,24)16-19-8-10(15(21-16)25-9-4-2-5-9)14(22)20-13-11(17)6-3-7-12(13)18/h3,6-9H,2,4-5H2,1H3,(H,20,22). The molecule has 0 radical (unpaired) electrons. The first-order valence-electron chi connectivity index (χ1n) is 7.75. The second-order valence-corrected chi connectivity index (χ2v) is 8.59. The zero-order valence-corrected chi connectivity index (χ0v) is 16.0. The maximum atomic E-state index is 12.7. The van der Waals surface area contributed by atoms with E-state index in [2.05, 4.69) is 15.3 Å². The lowest BCUT2D eigenvalue weighted by Crippen LogP contribution is -2.27. The Balaban J connectivity index is 1.95. The summed E-state index contributed by atoms with van der Waals surface area (Å²) in [6.07, 6.45) is 4.64. The van der Waals surface area contributed by atoms with Crippen molar-refractivity contribution in [2.24, 2.45) is 0 Å². The van der Waals surface area contributed by atoms with Gasteiger partial charge in [-0.3, -0.25) is 4.79 Å². The highest BCUT2D eigenvalue weighted by Crippen LogP contribution is 2.32. The molecule has 7 nitrogen and oxygen atoms in total. The number of para-hydroxylation sites is 1. The number of halogens is 2. The monoisotopic (exact) mass is 415 g/mol. The molecule has 1 amide bonds. The van der Waals surface area contributed by atoms with Crippen LogP contribution in [0.5, 0.6) is 5.88 Å². The van der Waals surface area contributed by atoms with Crippen LogP contribution in [-0.2, 0) is 9.84 Å². The van der Waals surface area contributed by atoms with Crippen LogP contribution in [0.4, 0.5) is 5.69 Å². The summed E-state index contributed by atoms with van der Waals surface area (Å²) in [6, 6.07) is 4.81. The van der Waals surface area contributed by atoms with E-state index in [-0.39, 0.29) is 33.3 Å². The predicted molar refractivity (Wildman–Crippen MR) is 97.8 cm³/mol. The van der Waals surface area contributed by atoms with Gasteiger partial charge < -0.3 is 10.1 Å². The van der Waals surface area contributed by atoms with Crippen LogP contribution < -0.4 is 10.1 Å². The van der Waals surface area contributed by atoms with E-state index in [1.54, 1.807) is 18.2 Å². The van der Waals surface area contributed by atoms with Crippen LogP contribution in [0.2, 0.25) is 10.0 Å². The van der Waals surface area contributed by atoms with Crippen molar-refractivity contribution in [3.63, 3.8) is 0 Å². The SMILES string of the molecule is CS(=O)(=O)c1ncc(C(=O)Nc2c(Cl)cccc2Cl)c(OC2CCC2)n1. The van der Waals surface area contributed by atoms with Gasteiger partial charge >= 0.3 is 0 Å². The molecule has 3 rings (SSSR count). The summed E-state index contributed by atoms with van der Waals surface area (Å²) in [5, 5.41) is 2.72. The highest BCUT2D eigenvalue weighted by molar-refractivity contribution is 7.90. The van der Waals surface area contributed by atoms with Gasteiger partial charge in [0.1, 0.15) is 11.7 Å². The van der Waals surface area contributed by atoms with Gasteiger partial charge in [-0.15, -0.1) is 0 Å². The van der Waals surface area contributed by atoms with Gasteiger partial charge in [0.15, 0.2) is 0 Å². The first-order valence-corrected chi connectivity index (χ1v) is 10.4. The number of nitrogens with zero attached hydrogens (tertiary/aromatic N) is 2. The molecule has 1 saturated carbocycles. The molecule has 2 aromatic rings. The summed E-state index contributed by atoms with van der Waals surface area (Å²) in [5.74, 6) is -0.680. The third kappa shape index (κ3) is 4.08. The first-order chi connectivity index (χ1) is 12.3. The molecule has 0 aliphatic heterocycles. The molecule has 1 aliphatic carbocycles. The Kier molecular flexibility index (Phi) is 5.36. The van der Waals surface area contributed by atoms with E-state index >= 15 is 0 Å². The Morgan fingerprint density at radius 1 is 1.27 bits per heavy atom. The van der Waals surface area contributed by atoms with E-state index in [1.807, 2.05) is 0 Å². The molecule has 1 N–H and O–H groups in total. The quantitative estimate of drug-likeness (QED) is 0.751. The number of sulfone groups is 1. The number of anilines is 1. The lowest BCUT2D eigenvalue weighted by molar-refractivity contribution is 0.0974. The van der Waals surface area contributed by atoms with E-state index in [1.165, 1.54) is 0 Å². The average molecular weight is 416 g/mol. The largest absolute Gasteiger partial charge is 0.474 e. The lowest BCUT2D eigenvalue weighted by atomic mass is 9.96. The molecule has 26 heavy (non-hydrogen) atoms. The number of rotatable bonds is 5. The Morgan fingerprint density at radius 2 is 1.92 bits per heavy atom. The molecule has 1 aromatic heterocycles. The van der Waals surface area contributed by atoms with E-state index in [0.29, 0.717) is 0 Å². The van der Waals surface area contributed by atoms with Crippen LogP contribution in [0, 0.1) is 0 Å². The number of nitrogens with one attached hydrogen (secondary N) is 1. The number of ether oxygens (including phenoxy) is 1. The number of carbonyl (C=O) groups is 1. The Hall–Kier alpha value is -1.90. The highest BCUT2D eigenvalue weighted by atomic mass is 35.5. The molecule has 1 heterocycles. The fraction of sp³-hybridized carbons (Fsp3) is 0.312. The number of amides is 1. The van der Waals surface area contributed by atoms with Crippen LogP contribution in [-0.4, -0.2) is 36.7 Å². The molecule has 0 saturated heterocycles. The fourth-order valence-electron chi connectivity index (χ4n) is 2.22. The molecule has 0 unspecified atom stereocenters. The van der Waals surface area contributed by atoms with E-state index in [4.69, 9.17) is 27.9 Å². The summed E-state index contributed by atoms with van der Waals surface area (Å²) >= 11 is 12.1. The second kappa shape index (κ2) is 7.38. The summed E-state index contributed by atoms with van der Waals surface area (Å²) in [6.45, 7) is 0. The topological polar surface area (TPSA) is 98.2 Å². The maximum Gasteiger partial charge on any atom is 0.262 e. The number of hydrogen-bond donors (Lipinski definition) is 1. The predicted octanol–water partition coefficient (Wildman–Crippen LogP) is 3.37. The van der Waals surface area contributed by atoms with Crippen LogP contribution in [0.1, 0.15) is 29.6 Å². The highest BCUT2D eigenvalue weighted by Gasteiger charge is 2.26. The normalized spacial score (nSPS) is 14.6. The third-order valence-electron chi connectivity index (χ3n) is 3.84. The van der Waals surface area contributed by atoms with Gasteiger partial charge in [0, 0.05) is 12.5 Å². The molecule has 1 fully saturated rings. The molecule has 10 heteroatoms. The van der Waals surface area contributed by atoms with Gasteiger partial charge in [-0.2, -0.15) is 4.98 Å². The molecular formula is C16H15Cl2N3O4S. The number of hydrogen-bond acceptors (Lipinski definition) is 6. The van der Waals surface area contributed by atoms with Gasteiger partial charge in [0.25, 0.3) is 5.91 Å². The molecule has 0 spiro atoms. The summed E-state index contributed by atoms with van der Waals surface area (Å²) in [7, 11) is -3.64. The summed E-state index contributed by atoms with van der Waals surface area (Å²) in [4.78, 5) is 20.3. The van der Waals surface area contributed by atoms with Crippen molar-refractivity contribution in [2.75, 3.05) is 11.6 Å². The van der Waals surface area contributed by atoms with Crippen LogP contribution >= 0.6 is 23.2 Å². The molecule has 1 aliphatic rings. The zero-order valence-electron chi connectivity index (χ0n) is 13.7. The van der Waals surface area contributed by atoms with Gasteiger partial charge in [0.2, 0.25) is 20.9 Å². The minimum Gasteiger partial charge on any atom is -0.474 e. The summed E-state index contributed by atoms with van der Waals surface area (Å²) < 4.78 is 29.1. The Labute approximate surface area is 160 Å². The van der Waals surface area contributed by atoms with Crippen molar-refractivity contribution < 1.29 is 17.9 Å². The molecule has 1 aromatic carbocycles. The first kappa shape index (κ1) is 18.9. The molecule has 0 atom stereocenters. The van der Waals surface area contributed by atoms with Crippen molar-refractivity contribution in [2.45, 2.75) is 30.5 Å². The van der Waals surface area contributed by atoms with Crippen molar-refractivity contribution in [3.05, 3.63) is 40.0 Å². The Bertz CT molecular complexity index is 942. The van der Waals surface area contributed by atoms with Gasteiger partial charge in [-0.25, -0.2) is 13.4 Å². The molecule has 138 valence electrons. The smallest absolute Gasteiger partial charge is 0.262 e.